The van der Waals surface area contributed by atoms with Crippen LogP contribution in [0, 0.1) is 17.3 Å². The van der Waals surface area contributed by atoms with E-state index in [9.17, 15) is 30.6 Å². The van der Waals surface area contributed by atoms with Gasteiger partial charge in [0, 0.05) is 5.92 Å². The third-order valence-electron chi connectivity index (χ3n) is 12.6. The highest BCUT2D eigenvalue weighted by Gasteiger charge is 2.44. The van der Waals surface area contributed by atoms with Gasteiger partial charge in [-0.1, -0.05) is 147 Å². The van der Waals surface area contributed by atoms with E-state index in [2.05, 4.69) is 19.9 Å². The maximum Gasteiger partial charge on any atom is 0.186 e. The molecule has 0 aromatic carbocycles. The van der Waals surface area contributed by atoms with Crippen molar-refractivity contribution in [3.63, 3.8) is 0 Å². The van der Waals surface area contributed by atoms with Crippen molar-refractivity contribution < 1.29 is 44.5 Å². The quantitative estimate of drug-likeness (QED) is 0.0303. The number of aliphatic hydroxyl groups is 6. The van der Waals surface area contributed by atoms with Crippen LogP contribution in [0.1, 0.15) is 187 Å². The molecule has 3 rings (SSSR count). The van der Waals surface area contributed by atoms with E-state index in [1.165, 1.54) is 115 Å². The van der Waals surface area contributed by atoms with E-state index >= 15 is 4.39 Å². The van der Waals surface area contributed by atoms with Crippen LogP contribution in [0.5, 0.6) is 0 Å². The van der Waals surface area contributed by atoms with Crippen molar-refractivity contribution >= 4 is 0 Å². The monoisotopic (exact) mass is 769 g/mol. The average molecular weight is 769 g/mol. The van der Waals surface area contributed by atoms with Crippen LogP contribution in [0.2, 0.25) is 0 Å². The van der Waals surface area contributed by atoms with E-state index in [1.54, 1.807) is 5.57 Å². The summed E-state index contributed by atoms with van der Waals surface area (Å²) in [5.41, 5.74) is 2.27. The van der Waals surface area contributed by atoms with Gasteiger partial charge in [0.05, 0.1) is 31.2 Å². The molecule has 9 heteroatoms. The Morgan fingerprint density at radius 1 is 0.833 bits per heavy atom. The number of halogens is 1. The summed E-state index contributed by atoms with van der Waals surface area (Å²) >= 11 is 0. The van der Waals surface area contributed by atoms with Crippen LogP contribution < -0.4 is 0 Å². The molecule has 54 heavy (non-hydrogen) atoms. The Morgan fingerprint density at radius 2 is 1.41 bits per heavy atom. The second-order valence-corrected chi connectivity index (χ2v) is 17.6. The third kappa shape index (κ3) is 17.3. The minimum atomic E-state index is -1.61. The highest BCUT2D eigenvalue weighted by Crippen LogP contribution is 2.52. The molecule has 2 aliphatic carbocycles. The van der Waals surface area contributed by atoms with E-state index in [4.69, 9.17) is 9.47 Å². The van der Waals surface area contributed by atoms with Gasteiger partial charge in [-0.3, -0.25) is 0 Å². The summed E-state index contributed by atoms with van der Waals surface area (Å²) in [7, 11) is 0. The Kier molecular flexibility index (Phi) is 23.6. The predicted molar refractivity (Wildman–Crippen MR) is 214 cm³/mol. The lowest BCUT2D eigenvalue weighted by atomic mass is 9.69. The van der Waals surface area contributed by atoms with E-state index in [1.807, 2.05) is 0 Å². The van der Waals surface area contributed by atoms with Gasteiger partial charge in [-0.05, 0) is 68.8 Å². The summed E-state index contributed by atoms with van der Waals surface area (Å²) in [6.07, 6.45) is 24.7. The van der Waals surface area contributed by atoms with E-state index in [-0.39, 0.29) is 18.9 Å². The molecule has 7 unspecified atom stereocenters. The highest BCUT2D eigenvalue weighted by atomic mass is 19.1. The number of ether oxygens (including phenoxy) is 2. The molecule has 0 spiro atoms. The fraction of sp³-hybridized carbons (Fsp3) is 0.911. The van der Waals surface area contributed by atoms with Gasteiger partial charge in [0.15, 0.2) is 6.29 Å². The van der Waals surface area contributed by atoms with Crippen LogP contribution in [0.25, 0.3) is 0 Å². The summed E-state index contributed by atoms with van der Waals surface area (Å²) in [6, 6.07) is 0. The van der Waals surface area contributed by atoms with Crippen molar-refractivity contribution in [2.24, 2.45) is 17.3 Å². The van der Waals surface area contributed by atoms with Gasteiger partial charge in [0.1, 0.15) is 24.4 Å². The number of rotatable bonds is 31. The van der Waals surface area contributed by atoms with Gasteiger partial charge in [0.2, 0.25) is 0 Å². The number of allylic oxidation sites excluding steroid dienone is 3. The SMILES string of the molecule is CCCCCCCCCCCCCC[C@@H](O)[C@@H](O)[C@@H](/C=C(/F)CCCCCCCCCCC12CC=C(CC(C)C1)C2)COC1OC(CO)C(O)C(O)C1O. The van der Waals surface area contributed by atoms with Crippen molar-refractivity contribution in [2.75, 3.05) is 13.2 Å². The summed E-state index contributed by atoms with van der Waals surface area (Å²) in [5, 5.41) is 62.3. The second kappa shape index (κ2) is 26.9. The standard InChI is InChI=1S/C45H81FO8/c1-3-4-5-6-7-8-9-10-11-15-18-21-24-38(48)40(49)36(33-53-44-43(52)42(51)41(50)39(32-47)54-44)29-37(46)23-20-17-14-12-13-16-19-22-26-45-27-25-35(31-45)28-34(2)30-45/h25,29,34,36,38-44,47-52H,3-24,26-28,30-33H2,1-2H3/b37-29+/t34?,36-,38+,39?,40-,41?,42?,43?,44?,45?/m0/s1. The minimum absolute atomic E-state index is 0.231. The minimum Gasteiger partial charge on any atom is -0.394 e. The summed E-state index contributed by atoms with van der Waals surface area (Å²) in [5.74, 6) is -0.462. The fourth-order valence-corrected chi connectivity index (χ4v) is 9.33. The van der Waals surface area contributed by atoms with Gasteiger partial charge in [-0.25, -0.2) is 4.39 Å². The first kappa shape index (κ1) is 47.5. The Morgan fingerprint density at radius 3 is 2.02 bits per heavy atom. The van der Waals surface area contributed by atoms with E-state index < -0.39 is 55.4 Å². The molecule has 3 aliphatic rings. The van der Waals surface area contributed by atoms with Crippen molar-refractivity contribution in [1.82, 2.24) is 0 Å². The summed E-state index contributed by atoms with van der Waals surface area (Å²) < 4.78 is 26.5. The number of aliphatic hydroxyl groups excluding tert-OH is 6. The molecule has 10 atom stereocenters. The van der Waals surface area contributed by atoms with Crippen LogP contribution >= 0.6 is 0 Å². The molecule has 0 aromatic heterocycles. The maximum absolute atomic E-state index is 15.3. The van der Waals surface area contributed by atoms with Crippen LogP contribution in [0.15, 0.2) is 23.6 Å². The number of fused-ring (bicyclic) bond motifs is 2. The Hall–Kier alpha value is -0.910. The van der Waals surface area contributed by atoms with Gasteiger partial charge in [-0.2, -0.15) is 0 Å². The Balaban J connectivity index is 1.36. The molecule has 0 aromatic rings. The zero-order valence-electron chi connectivity index (χ0n) is 34.2. The fourth-order valence-electron chi connectivity index (χ4n) is 9.33. The molecule has 6 N–H and O–H groups in total. The third-order valence-corrected chi connectivity index (χ3v) is 12.6. The zero-order chi connectivity index (χ0) is 39.2. The first-order chi connectivity index (χ1) is 26.1. The van der Waals surface area contributed by atoms with E-state index in [0.29, 0.717) is 18.3 Å². The predicted octanol–water partition coefficient (Wildman–Crippen LogP) is 9.12. The maximum atomic E-state index is 15.3. The van der Waals surface area contributed by atoms with Crippen LogP contribution in [0.4, 0.5) is 4.39 Å². The molecular formula is C45H81FO8. The first-order valence-electron chi connectivity index (χ1n) is 22.4. The highest BCUT2D eigenvalue weighted by molar-refractivity contribution is 5.19. The molecule has 8 nitrogen and oxygen atoms in total. The van der Waals surface area contributed by atoms with Gasteiger partial charge in [-0.15, -0.1) is 0 Å². The lowest BCUT2D eigenvalue weighted by Gasteiger charge is -2.40. The second-order valence-electron chi connectivity index (χ2n) is 17.6. The average Bonchev–Trinajstić information content (AvgIpc) is 3.47. The van der Waals surface area contributed by atoms with E-state index in [0.717, 1.165) is 50.9 Å². The topological polar surface area (TPSA) is 140 Å². The number of hydrogen-bond acceptors (Lipinski definition) is 8. The molecule has 0 amide bonds. The van der Waals surface area contributed by atoms with Crippen LogP contribution in [0.3, 0.4) is 0 Å². The normalized spacial score (nSPS) is 29.0. The van der Waals surface area contributed by atoms with Crippen LogP contribution in [-0.4, -0.2) is 86.8 Å². The van der Waals surface area contributed by atoms with Crippen molar-refractivity contribution in [3.05, 3.63) is 23.6 Å². The van der Waals surface area contributed by atoms with Crippen molar-refractivity contribution in [2.45, 2.75) is 230 Å². The van der Waals surface area contributed by atoms with Crippen molar-refractivity contribution in [1.29, 1.82) is 0 Å². The van der Waals surface area contributed by atoms with Gasteiger partial charge >= 0.3 is 0 Å². The molecule has 316 valence electrons. The molecule has 1 aliphatic heterocycles. The molecule has 1 saturated heterocycles. The van der Waals surface area contributed by atoms with Gasteiger partial charge in [0.25, 0.3) is 0 Å². The molecule has 0 radical (unpaired) electrons. The summed E-state index contributed by atoms with van der Waals surface area (Å²) in [6.45, 7) is 3.76. The Bertz CT molecular complexity index is 1040. The van der Waals surface area contributed by atoms with Gasteiger partial charge < -0.3 is 40.1 Å². The molecular weight excluding hydrogens is 687 g/mol. The lowest BCUT2D eigenvalue weighted by Crippen LogP contribution is -2.59. The Labute approximate surface area is 328 Å². The van der Waals surface area contributed by atoms with Crippen molar-refractivity contribution in [3.8, 4) is 0 Å². The largest absolute Gasteiger partial charge is 0.394 e. The molecule has 2 bridgehead atoms. The number of unbranched alkanes of at least 4 members (excludes halogenated alkanes) is 18. The van der Waals surface area contributed by atoms with Crippen LogP contribution in [-0.2, 0) is 9.47 Å². The lowest BCUT2D eigenvalue weighted by molar-refractivity contribution is -0.303. The molecule has 2 fully saturated rings. The number of hydrogen-bond donors (Lipinski definition) is 6. The zero-order valence-corrected chi connectivity index (χ0v) is 34.2. The summed E-state index contributed by atoms with van der Waals surface area (Å²) in [4.78, 5) is 0. The first-order valence-corrected chi connectivity index (χ1v) is 22.4. The molecule has 1 saturated carbocycles. The molecule has 1 heterocycles. The smallest absolute Gasteiger partial charge is 0.186 e.